The number of nitrogen functional groups attached to an aromatic ring is 1. The van der Waals surface area contributed by atoms with Gasteiger partial charge in [-0.05, 0) is 30.2 Å². The van der Waals surface area contributed by atoms with Gasteiger partial charge in [0.05, 0.1) is 11.4 Å². The average Bonchev–Trinajstić information content (AvgIpc) is 2.41. The van der Waals surface area contributed by atoms with Gasteiger partial charge >= 0.3 is 0 Å². The van der Waals surface area contributed by atoms with Crippen LogP contribution in [0.5, 0.6) is 0 Å². The summed E-state index contributed by atoms with van der Waals surface area (Å²) in [5.74, 6) is -0.107. The van der Waals surface area contributed by atoms with E-state index in [-0.39, 0.29) is 5.75 Å². The van der Waals surface area contributed by atoms with Crippen LogP contribution in [0.3, 0.4) is 0 Å². The Balaban J connectivity index is 2.32. The predicted molar refractivity (Wildman–Crippen MR) is 83.1 cm³/mol. The molecular formula is C15H18N2O2S. The Morgan fingerprint density at radius 1 is 1.05 bits per heavy atom. The number of aryl methyl sites for hydroxylation is 1. The number of hydrogen-bond donors (Lipinski definition) is 1. The molecule has 5 heteroatoms. The van der Waals surface area contributed by atoms with Crippen LogP contribution in [0.15, 0.2) is 48.5 Å². The summed E-state index contributed by atoms with van der Waals surface area (Å²) in [5, 5.41) is 0. The van der Waals surface area contributed by atoms with E-state index in [2.05, 4.69) is 0 Å². The summed E-state index contributed by atoms with van der Waals surface area (Å²) in [5.41, 5.74) is 8.53. The van der Waals surface area contributed by atoms with Crippen molar-refractivity contribution < 1.29 is 8.42 Å². The minimum Gasteiger partial charge on any atom is -0.398 e. The molecule has 0 fully saturated rings. The normalized spacial score (nSPS) is 11.3. The maximum atomic E-state index is 12.5. The summed E-state index contributed by atoms with van der Waals surface area (Å²) in [4.78, 5) is 0. The highest BCUT2D eigenvalue weighted by molar-refractivity contribution is 7.92. The van der Waals surface area contributed by atoms with Gasteiger partial charge in [0.1, 0.15) is 0 Å². The molecule has 0 aliphatic rings. The molecule has 20 heavy (non-hydrogen) atoms. The van der Waals surface area contributed by atoms with Gasteiger partial charge in [-0.2, -0.15) is 0 Å². The van der Waals surface area contributed by atoms with Crippen molar-refractivity contribution in [2.75, 3.05) is 17.1 Å². The first kappa shape index (κ1) is 14.4. The van der Waals surface area contributed by atoms with Crippen molar-refractivity contribution in [2.45, 2.75) is 12.7 Å². The van der Waals surface area contributed by atoms with Crippen molar-refractivity contribution in [1.29, 1.82) is 0 Å². The number of para-hydroxylation sites is 2. The molecule has 0 bridgehead atoms. The zero-order chi connectivity index (χ0) is 14.8. The molecule has 0 spiro atoms. The van der Waals surface area contributed by atoms with E-state index in [9.17, 15) is 8.42 Å². The van der Waals surface area contributed by atoms with Gasteiger partial charge < -0.3 is 5.73 Å². The molecule has 0 saturated carbocycles. The van der Waals surface area contributed by atoms with Crippen molar-refractivity contribution in [2.24, 2.45) is 0 Å². The van der Waals surface area contributed by atoms with E-state index in [1.54, 1.807) is 37.4 Å². The third-order valence-corrected chi connectivity index (χ3v) is 4.97. The first-order valence-corrected chi connectivity index (χ1v) is 7.88. The molecule has 0 aliphatic heterocycles. The fourth-order valence-electron chi connectivity index (χ4n) is 2.03. The Hall–Kier alpha value is -2.01. The number of sulfonamides is 1. The minimum atomic E-state index is -3.46. The van der Waals surface area contributed by atoms with Gasteiger partial charge in [-0.1, -0.05) is 36.4 Å². The molecule has 0 saturated heterocycles. The predicted octanol–water partition coefficient (Wildman–Crippen LogP) is 2.54. The van der Waals surface area contributed by atoms with Gasteiger partial charge in [0, 0.05) is 12.7 Å². The highest BCUT2D eigenvalue weighted by Gasteiger charge is 2.21. The summed E-state index contributed by atoms with van der Waals surface area (Å²) < 4.78 is 26.3. The first-order valence-electron chi connectivity index (χ1n) is 6.27. The zero-order valence-corrected chi connectivity index (χ0v) is 12.4. The van der Waals surface area contributed by atoms with Crippen LogP contribution in [-0.2, 0) is 15.8 Å². The Morgan fingerprint density at radius 3 is 2.30 bits per heavy atom. The molecule has 2 aromatic carbocycles. The Kier molecular flexibility index (Phi) is 3.99. The van der Waals surface area contributed by atoms with Crippen molar-refractivity contribution in [3.05, 3.63) is 59.7 Å². The smallest absolute Gasteiger partial charge is 0.239 e. The lowest BCUT2D eigenvalue weighted by atomic mass is 10.2. The SMILES string of the molecule is Cc1ccccc1N(C)S(=O)(=O)Cc1ccccc1N. The number of nitrogens with zero attached hydrogens (tertiary/aromatic N) is 1. The third-order valence-electron chi connectivity index (χ3n) is 3.26. The van der Waals surface area contributed by atoms with E-state index in [1.807, 2.05) is 25.1 Å². The molecule has 0 amide bonds. The van der Waals surface area contributed by atoms with Crippen LogP contribution in [0.1, 0.15) is 11.1 Å². The monoisotopic (exact) mass is 290 g/mol. The molecule has 2 aromatic rings. The molecule has 0 unspecified atom stereocenters. The van der Waals surface area contributed by atoms with Gasteiger partial charge in [-0.3, -0.25) is 4.31 Å². The molecule has 2 rings (SSSR count). The maximum absolute atomic E-state index is 12.5. The highest BCUT2D eigenvalue weighted by atomic mass is 32.2. The number of benzene rings is 2. The molecule has 0 heterocycles. The second-order valence-electron chi connectivity index (χ2n) is 4.71. The fraction of sp³-hybridized carbons (Fsp3) is 0.200. The summed E-state index contributed by atoms with van der Waals surface area (Å²) in [7, 11) is -1.89. The van der Waals surface area contributed by atoms with Crippen LogP contribution < -0.4 is 10.0 Å². The van der Waals surface area contributed by atoms with Crippen LogP contribution >= 0.6 is 0 Å². The van der Waals surface area contributed by atoms with Crippen LogP contribution in [-0.4, -0.2) is 15.5 Å². The second kappa shape index (κ2) is 5.54. The van der Waals surface area contributed by atoms with Crippen LogP contribution in [0.25, 0.3) is 0 Å². The van der Waals surface area contributed by atoms with E-state index < -0.39 is 10.0 Å². The highest BCUT2D eigenvalue weighted by Crippen LogP contribution is 2.24. The molecule has 0 aliphatic carbocycles. The maximum Gasteiger partial charge on any atom is 0.239 e. The average molecular weight is 290 g/mol. The number of rotatable bonds is 4. The molecular weight excluding hydrogens is 272 g/mol. The van der Waals surface area contributed by atoms with Crippen molar-refractivity contribution in [3.8, 4) is 0 Å². The van der Waals surface area contributed by atoms with E-state index in [1.165, 1.54) is 4.31 Å². The molecule has 0 aromatic heterocycles. The standard InChI is InChI=1S/C15H18N2O2S/c1-12-7-3-6-10-15(12)17(2)20(18,19)11-13-8-4-5-9-14(13)16/h3-10H,11,16H2,1-2H3. The van der Waals surface area contributed by atoms with E-state index >= 15 is 0 Å². The molecule has 4 nitrogen and oxygen atoms in total. The van der Waals surface area contributed by atoms with E-state index in [0.29, 0.717) is 16.9 Å². The summed E-state index contributed by atoms with van der Waals surface area (Å²) in [6.45, 7) is 1.89. The topological polar surface area (TPSA) is 63.4 Å². The Labute approximate surface area is 119 Å². The van der Waals surface area contributed by atoms with Crippen molar-refractivity contribution >= 4 is 21.4 Å². The number of nitrogens with two attached hydrogens (primary N) is 1. The third kappa shape index (κ3) is 2.93. The number of hydrogen-bond acceptors (Lipinski definition) is 3. The minimum absolute atomic E-state index is 0.107. The van der Waals surface area contributed by atoms with E-state index in [4.69, 9.17) is 5.73 Å². The Morgan fingerprint density at radius 2 is 1.65 bits per heavy atom. The zero-order valence-electron chi connectivity index (χ0n) is 11.6. The van der Waals surface area contributed by atoms with Gasteiger partial charge in [0.25, 0.3) is 0 Å². The number of anilines is 2. The van der Waals surface area contributed by atoms with Crippen LogP contribution in [0, 0.1) is 6.92 Å². The largest absolute Gasteiger partial charge is 0.398 e. The summed E-state index contributed by atoms with van der Waals surface area (Å²) in [6.07, 6.45) is 0. The molecule has 2 N–H and O–H groups in total. The van der Waals surface area contributed by atoms with Crippen molar-refractivity contribution in [1.82, 2.24) is 0 Å². The molecule has 106 valence electrons. The van der Waals surface area contributed by atoms with Crippen molar-refractivity contribution in [3.63, 3.8) is 0 Å². The quantitative estimate of drug-likeness (QED) is 0.880. The first-order chi connectivity index (χ1) is 9.42. The lowest BCUT2D eigenvalue weighted by Crippen LogP contribution is -2.28. The lowest BCUT2D eigenvalue weighted by Gasteiger charge is -2.21. The van der Waals surface area contributed by atoms with Gasteiger partial charge in [-0.15, -0.1) is 0 Å². The van der Waals surface area contributed by atoms with Crippen LogP contribution in [0.2, 0.25) is 0 Å². The second-order valence-corrected chi connectivity index (χ2v) is 6.71. The van der Waals surface area contributed by atoms with Gasteiger partial charge in [0.15, 0.2) is 0 Å². The molecule has 0 radical (unpaired) electrons. The lowest BCUT2D eigenvalue weighted by molar-refractivity contribution is 0.593. The molecule has 0 atom stereocenters. The Bertz CT molecular complexity index is 711. The van der Waals surface area contributed by atoms with Gasteiger partial charge in [0.2, 0.25) is 10.0 Å². The van der Waals surface area contributed by atoms with E-state index in [0.717, 1.165) is 5.56 Å². The summed E-state index contributed by atoms with van der Waals surface area (Å²) >= 11 is 0. The fourth-order valence-corrected chi connectivity index (χ4v) is 3.38. The van der Waals surface area contributed by atoms with Crippen LogP contribution in [0.4, 0.5) is 11.4 Å². The van der Waals surface area contributed by atoms with Gasteiger partial charge in [-0.25, -0.2) is 8.42 Å². The summed E-state index contributed by atoms with van der Waals surface area (Å²) in [6, 6.07) is 14.4.